The first kappa shape index (κ1) is 29.4. The van der Waals surface area contributed by atoms with Crippen molar-refractivity contribution < 1.29 is 32.9 Å². The Kier molecular flexibility index (Phi) is 9.67. The number of halogens is 3. The second kappa shape index (κ2) is 13.2. The molecular formula is C31H33F3N2O4. The summed E-state index contributed by atoms with van der Waals surface area (Å²) in [6.07, 6.45) is -0.764. The zero-order valence-corrected chi connectivity index (χ0v) is 22.3. The van der Waals surface area contributed by atoms with Crippen molar-refractivity contribution in [1.82, 2.24) is 9.88 Å². The minimum Gasteiger partial charge on any atom is -0.497 e. The number of aliphatic hydroxyl groups is 1. The maximum atomic E-state index is 13.0. The van der Waals surface area contributed by atoms with E-state index in [9.17, 15) is 28.2 Å². The average molecular weight is 555 g/mol. The number of carboxylic acids is 1. The first-order valence-electron chi connectivity index (χ1n) is 13.3. The Morgan fingerprint density at radius 1 is 1.18 bits per heavy atom. The molecule has 0 aliphatic carbocycles. The van der Waals surface area contributed by atoms with E-state index in [4.69, 9.17) is 4.74 Å². The van der Waals surface area contributed by atoms with Crippen molar-refractivity contribution in [2.45, 2.75) is 44.4 Å². The smallest absolute Gasteiger partial charge is 0.416 e. The van der Waals surface area contributed by atoms with E-state index in [1.54, 1.807) is 19.4 Å². The lowest BCUT2D eigenvalue weighted by Crippen LogP contribution is -2.41. The highest BCUT2D eigenvalue weighted by Gasteiger charge is 2.31. The molecular weight excluding hydrogens is 521 g/mol. The molecule has 9 heteroatoms. The number of nitrogens with zero attached hydrogens (tertiary/aromatic N) is 2. The summed E-state index contributed by atoms with van der Waals surface area (Å²) in [6.45, 7) is 1.79. The predicted octanol–water partition coefficient (Wildman–Crippen LogP) is 5.93. The third-order valence-electron chi connectivity index (χ3n) is 7.58. The Bertz CT molecular complexity index is 1380. The van der Waals surface area contributed by atoms with Crippen LogP contribution >= 0.6 is 0 Å². The molecule has 2 N–H and O–H groups in total. The Morgan fingerprint density at radius 3 is 2.75 bits per heavy atom. The number of hydrogen-bond acceptors (Lipinski definition) is 5. The van der Waals surface area contributed by atoms with E-state index < -0.39 is 23.8 Å². The number of likely N-dealkylation sites (tertiary alicyclic amines) is 1. The van der Waals surface area contributed by atoms with Gasteiger partial charge in [-0.2, -0.15) is 13.2 Å². The van der Waals surface area contributed by atoms with Crippen molar-refractivity contribution in [3.05, 3.63) is 71.4 Å². The van der Waals surface area contributed by atoms with Gasteiger partial charge in [-0.3, -0.25) is 14.7 Å². The summed E-state index contributed by atoms with van der Waals surface area (Å²) in [7, 11) is 1.59. The summed E-state index contributed by atoms with van der Waals surface area (Å²) in [6, 6.07) is 12.3. The minimum absolute atomic E-state index is 0.0578. The lowest BCUT2D eigenvalue weighted by molar-refractivity contribution is -0.138. The maximum absolute atomic E-state index is 13.0. The second-order valence-electron chi connectivity index (χ2n) is 10.2. The average Bonchev–Trinajstić information content (AvgIpc) is 2.94. The molecule has 40 heavy (non-hydrogen) atoms. The van der Waals surface area contributed by atoms with Gasteiger partial charge in [0.05, 0.1) is 30.8 Å². The molecule has 0 saturated carbocycles. The van der Waals surface area contributed by atoms with Gasteiger partial charge >= 0.3 is 12.1 Å². The molecule has 212 valence electrons. The van der Waals surface area contributed by atoms with Crippen molar-refractivity contribution in [2.24, 2.45) is 11.8 Å². The highest BCUT2D eigenvalue weighted by Crippen LogP contribution is 2.35. The standard InChI is InChI=1S/C31H33F3N2O4/c1-40-25-9-10-28-27(19-25)26(13-15-35-28)29(37)11-7-22-14-17-36(20-23(22)8-12-30(38)39)16-3-5-21-4-2-6-24(18-21)31(32,33)34/h2,4,6,9-10,13,15,18-19,22-23,29,37H,7-8,11-12,14,16-17,20H2,1H3,(H,38,39)/t22?,23?,29-/m0/s1. The molecule has 1 aliphatic heterocycles. The van der Waals surface area contributed by atoms with Gasteiger partial charge < -0.3 is 14.9 Å². The fourth-order valence-corrected chi connectivity index (χ4v) is 5.43. The number of methoxy groups -OCH3 is 1. The topological polar surface area (TPSA) is 82.9 Å². The Labute approximate surface area is 231 Å². The number of aromatic nitrogens is 1. The van der Waals surface area contributed by atoms with Crippen LogP contribution in [0.15, 0.2) is 54.7 Å². The monoisotopic (exact) mass is 554 g/mol. The number of ether oxygens (including phenoxy) is 1. The lowest BCUT2D eigenvalue weighted by atomic mass is 9.79. The third-order valence-corrected chi connectivity index (χ3v) is 7.58. The van der Waals surface area contributed by atoms with Crippen LogP contribution in [0, 0.1) is 23.7 Å². The molecule has 6 nitrogen and oxygen atoms in total. The number of fused-ring (bicyclic) bond motifs is 1. The number of benzene rings is 2. The molecule has 4 rings (SSSR count). The summed E-state index contributed by atoms with van der Waals surface area (Å²) in [5.74, 6) is 6.00. The zero-order chi connectivity index (χ0) is 28.7. The van der Waals surface area contributed by atoms with E-state index in [2.05, 4.69) is 21.7 Å². The van der Waals surface area contributed by atoms with Crippen molar-refractivity contribution in [1.29, 1.82) is 0 Å². The van der Waals surface area contributed by atoms with Gasteiger partial charge in [0.2, 0.25) is 0 Å². The number of aliphatic hydroxyl groups excluding tert-OH is 1. The largest absolute Gasteiger partial charge is 0.497 e. The summed E-state index contributed by atoms with van der Waals surface area (Å²) in [5, 5.41) is 21.2. The van der Waals surface area contributed by atoms with E-state index in [0.717, 1.165) is 48.0 Å². The molecule has 2 unspecified atom stereocenters. The predicted molar refractivity (Wildman–Crippen MR) is 146 cm³/mol. The quantitative estimate of drug-likeness (QED) is 0.319. The first-order chi connectivity index (χ1) is 19.1. The summed E-state index contributed by atoms with van der Waals surface area (Å²) in [5.41, 5.74) is 1.14. The highest BCUT2D eigenvalue weighted by molar-refractivity contribution is 5.83. The molecule has 3 aromatic rings. The minimum atomic E-state index is -4.41. The summed E-state index contributed by atoms with van der Waals surface area (Å²) >= 11 is 0. The van der Waals surface area contributed by atoms with Gasteiger partial charge in [-0.1, -0.05) is 17.9 Å². The molecule has 0 spiro atoms. The maximum Gasteiger partial charge on any atom is 0.416 e. The van der Waals surface area contributed by atoms with Gasteiger partial charge in [0.25, 0.3) is 0 Å². The molecule has 1 aromatic heterocycles. The number of rotatable bonds is 9. The first-order valence-corrected chi connectivity index (χ1v) is 13.3. The van der Waals surface area contributed by atoms with E-state index in [-0.39, 0.29) is 18.3 Å². The Morgan fingerprint density at radius 2 is 2.00 bits per heavy atom. The van der Waals surface area contributed by atoms with Gasteiger partial charge in [0, 0.05) is 30.1 Å². The van der Waals surface area contributed by atoms with E-state index >= 15 is 0 Å². The normalized spacial score (nSPS) is 18.6. The number of hydrogen-bond donors (Lipinski definition) is 2. The van der Waals surface area contributed by atoms with Crippen molar-refractivity contribution in [3.63, 3.8) is 0 Å². The number of carboxylic acid groups (broad SMARTS) is 1. The van der Waals surface area contributed by atoms with Crippen LogP contribution in [0.5, 0.6) is 5.75 Å². The van der Waals surface area contributed by atoms with Crippen LogP contribution in [0.1, 0.15) is 54.9 Å². The molecule has 1 saturated heterocycles. The van der Waals surface area contributed by atoms with Crippen molar-refractivity contribution in [2.75, 3.05) is 26.7 Å². The van der Waals surface area contributed by atoms with Crippen LogP contribution in [0.4, 0.5) is 13.2 Å². The third kappa shape index (κ3) is 7.74. The molecule has 0 bridgehead atoms. The van der Waals surface area contributed by atoms with Crippen LogP contribution in [-0.4, -0.2) is 52.8 Å². The van der Waals surface area contributed by atoms with Crippen LogP contribution in [0.3, 0.4) is 0 Å². The van der Waals surface area contributed by atoms with Gasteiger partial charge in [0.1, 0.15) is 5.75 Å². The number of pyridine rings is 1. The van der Waals surface area contributed by atoms with Gasteiger partial charge in [0.15, 0.2) is 0 Å². The number of aliphatic carboxylic acids is 1. The second-order valence-corrected chi connectivity index (χ2v) is 10.2. The molecule has 2 aromatic carbocycles. The van der Waals surface area contributed by atoms with Gasteiger partial charge in [-0.25, -0.2) is 0 Å². The molecule has 1 fully saturated rings. The molecule has 1 aliphatic rings. The van der Waals surface area contributed by atoms with Crippen LogP contribution in [-0.2, 0) is 11.0 Å². The van der Waals surface area contributed by atoms with Gasteiger partial charge in [-0.05, 0) is 92.1 Å². The summed E-state index contributed by atoms with van der Waals surface area (Å²) < 4.78 is 44.3. The van der Waals surface area contributed by atoms with Crippen molar-refractivity contribution in [3.8, 4) is 17.6 Å². The molecule has 3 atom stereocenters. The van der Waals surface area contributed by atoms with Crippen LogP contribution in [0.2, 0.25) is 0 Å². The zero-order valence-electron chi connectivity index (χ0n) is 22.3. The van der Waals surface area contributed by atoms with Crippen LogP contribution < -0.4 is 4.74 Å². The lowest BCUT2D eigenvalue weighted by Gasteiger charge is -2.38. The Hall–Kier alpha value is -3.61. The number of alkyl halides is 3. The van der Waals surface area contributed by atoms with Crippen LogP contribution in [0.25, 0.3) is 10.9 Å². The van der Waals surface area contributed by atoms with E-state index in [0.29, 0.717) is 37.2 Å². The Balaban J connectivity index is 1.39. The molecule has 2 heterocycles. The fourth-order valence-electron chi connectivity index (χ4n) is 5.43. The highest BCUT2D eigenvalue weighted by atomic mass is 19.4. The van der Waals surface area contributed by atoms with E-state index in [1.807, 2.05) is 24.3 Å². The number of carbonyl (C=O) groups is 1. The summed E-state index contributed by atoms with van der Waals surface area (Å²) in [4.78, 5) is 17.8. The van der Waals surface area contributed by atoms with Crippen molar-refractivity contribution >= 4 is 16.9 Å². The van der Waals surface area contributed by atoms with Gasteiger partial charge in [-0.15, -0.1) is 0 Å². The SMILES string of the molecule is COc1ccc2nccc([C@@H](O)CCC3CCN(CC#Cc4cccc(C(F)(F)F)c4)CC3CCC(=O)O)c2c1. The number of piperidine rings is 1. The molecule has 0 amide bonds. The fraction of sp³-hybridized carbons (Fsp3) is 0.419. The molecule has 0 radical (unpaired) electrons. The van der Waals surface area contributed by atoms with E-state index in [1.165, 1.54) is 6.07 Å².